The molecule has 27 heavy (non-hydrogen) atoms. The van der Waals surface area contributed by atoms with Gasteiger partial charge in [0.25, 0.3) is 5.91 Å². The molecule has 2 N–H and O–H groups in total. The molecule has 136 valence electrons. The van der Waals surface area contributed by atoms with Gasteiger partial charge in [0.1, 0.15) is 0 Å². The highest BCUT2D eigenvalue weighted by molar-refractivity contribution is 6.05. The Bertz CT molecular complexity index is 992. The van der Waals surface area contributed by atoms with Gasteiger partial charge in [0.15, 0.2) is 5.78 Å². The fraction of sp³-hybridized carbons (Fsp3) is 0.136. The van der Waals surface area contributed by atoms with E-state index >= 15 is 0 Å². The van der Waals surface area contributed by atoms with Crippen LogP contribution in [0.25, 0.3) is 0 Å². The van der Waals surface area contributed by atoms with Crippen LogP contribution < -0.4 is 10.6 Å². The van der Waals surface area contributed by atoms with E-state index in [9.17, 15) is 9.59 Å². The average Bonchev–Trinajstić information content (AvgIpc) is 2.65. The molecule has 0 unspecified atom stereocenters. The molecular formula is C22H21N3O2. The Labute approximate surface area is 158 Å². The zero-order chi connectivity index (χ0) is 19.4. The molecule has 0 spiro atoms. The number of nitrogens with zero attached hydrogens (tertiary/aromatic N) is 1. The van der Waals surface area contributed by atoms with Gasteiger partial charge in [-0.15, -0.1) is 0 Å². The summed E-state index contributed by atoms with van der Waals surface area (Å²) < 4.78 is 0. The predicted molar refractivity (Wildman–Crippen MR) is 108 cm³/mol. The smallest absolute Gasteiger partial charge is 0.257 e. The third-order valence-electron chi connectivity index (χ3n) is 4.28. The summed E-state index contributed by atoms with van der Waals surface area (Å²) in [6.45, 7) is 5.55. The monoisotopic (exact) mass is 359 g/mol. The van der Waals surface area contributed by atoms with Crippen LogP contribution in [0.2, 0.25) is 0 Å². The van der Waals surface area contributed by atoms with Crippen LogP contribution >= 0.6 is 0 Å². The van der Waals surface area contributed by atoms with Crippen molar-refractivity contribution in [2.24, 2.45) is 0 Å². The molecule has 3 aromatic rings. The lowest BCUT2D eigenvalue weighted by Crippen LogP contribution is -2.13. The molecule has 0 saturated carbocycles. The van der Waals surface area contributed by atoms with Crippen molar-refractivity contribution >= 4 is 28.8 Å². The molecule has 0 fully saturated rings. The van der Waals surface area contributed by atoms with Gasteiger partial charge in [-0.05, 0) is 50.1 Å². The van der Waals surface area contributed by atoms with Gasteiger partial charge in [-0.3, -0.25) is 14.6 Å². The highest BCUT2D eigenvalue weighted by Crippen LogP contribution is 2.24. The van der Waals surface area contributed by atoms with Gasteiger partial charge in [0.05, 0.1) is 17.4 Å². The molecule has 0 aliphatic heterocycles. The number of carbonyl (C=O) groups excluding carboxylic acids is 2. The SMILES string of the molecule is CC(=O)c1cccc(NC(=O)c2cncc(Nc3c(C)cccc3C)c2)c1. The van der Waals surface area contributed by atoms with Crippen LogP contribution in [-0.4, -0.2) is 16.7 Å². The summed E-state index contributed by atoms with van der Waals surface area (Å²) in [7, 11) is 0. The number of anilines is 3. The lowest BCUT2D eigenvalue weighted by Gasteiger charge is -2.13. The number of pyridine rings is 1. The van der Waals surface area contributed by atoms with E-state index in [-0.39, 0.29) is 11.7 Å². The molecule has 1 aromatic heterocycles. The van der Waals surface area contributed by atoms with E-state index < -0.39 is 0 Å². The molecule has 2 aromatic carbocycles. The quantitative estimate of drug-likeness (QED) is 0.636. The second kappa shape index (κ2) is 7.83. The first-order valence-electron chi connectivity index (χ1n) is 8.64. The summed E-state index contributed by atoms with van der Waals surface area (Å²) in [6, 6.07) is 14.7. The number of amides is 1. The van der Waals surface area contributed by atoms with Crippen LogP contribution in [0.15, 0.2) is 60.9 Å². The van der Waals surface area contributed by atoms with Gasteiger partial charge in [-0.2, -0.15) is 0 Å². The van der Waals surface area contributed by atoms with Gasteiger partial charge < -0.3 is 10.6 Å². The van der Waals surface area contributed by atoms with Gasteiger partial charge in [0, 0.05) is 23.1 Å². The van der Waals surface area contributed by atoms with Crippen molar-refractivity contribution in [1.29, 1.82) is 0 Å². The molecule has 0 saturated heterocycles. The maximum atomic E-state index is 12.6. The third-order valence-corrected chi connectivity index (χ3v) is 4.28. The van der Waals surface area contributed by atoms with Crippen LogP contribution in [-0.2, 0) is 0 Å². The van der Waals surface area contributed by atoms with Crippen molar-refractivity contribution in [2.45, 2.75) is 20.8 Å². The van der Waals surface area contributed by atoms with Crippen LogP contribution in [0.5, 0.6) is 0 Å². The molecule has 5 nitrogen and oxygen atoms in total. The maximum Gasteiger partial charge on any atom is 0.257 e. The number of para-hydroxylation sites is 1. The Kier molecular flexibility index (Phi) is 5.31. The van der Waals surface area contributed by atoms with E-state index in [0.717, 1.165) is 22.5 Å². The molecule has 5 heteroatoms. The predicted octanol–water partition coefficient (Wildman–Crippen LogP) is 4.90. The van der Waals surface area contributed by atoms with Crippen molar-refractivity contribution in [3.8, 4) is 0 Å². The standard InChI is InChI=1S/C22H21N3O2/c1-14-6-4-7-15(2)21(14)24-20-11-18(12-23-13-20)22(27)25-19-9-5-8-17(10-19)16(3)26/h4-13,24H,1-3H3,(H,25,27). The minimum Gasteiger partial charge on any atom is -0.354 e. The highest BCUT2D eigenvalue weighted by atomic mass is 16.1. The number of hydrogen-bond donors (Lipinski definition) is 2. The van der Waals surface area contributed by atoms with E-state index in [1.807, 2.05) is 32.0 Å². The lowest BCUT2D eigenvalue weighted by atomic mass is 10.1. The molecular weight excluding hydrogens is 338 g/mol. The fourth-order valence-electron chi connectivity index (χ4n) is 2.81. The van der Waals surface area contributed by atoms with Crippen molar-refractivity contribution in [2.75, 3.05) is 10.6 Å². The number of carbonyl (C=O) groups is 2. The Hall–Kier alpha value is -3.47. The van der Waals surface area contributed by atoms with E-state index in [2.05, 4.69) is 15.6 Å². The van der Waals surface area contributed by atoms with Gasteiger partial charge >= 0.3 is 0 Å². The van der Waals surface area contributed by atoms with Crippen molar-refractivity contribution < 1.29 is 9.59 Å². The Morgan fingerprint density at radius 3 is 2.22 bits per heavy atom. The first-order chi connectivity index (χ1) is 12.9. The first kappa shape index (κ1) is 18.3. The van der Waals surface area contributed by atoms with E-state index in [1.165, 1.54) is 13.1 Å². The second-order valence-corrected chi connectivity index (χ2v) is 6.45. The number of rotatable bonds is 5. The van der Waals surface area contributed by atoms with Crippen molar-refractivity contribution in [1.82, 2.24) is 4.98 Å². The minimum absolute atomic E-state index is 0.0486. The fourth-order valence-corrected chi connectivity index (χ4v) is 2.81. The number of hydrogen-bond acceptors (Lipinski definition) is 4. The lowest BCUT2D eigenvalue weighted by molar-refractivity contribution is 0.101. The van der Waals surface area contributed by atoms with E-state index in [1.54, 1.807) is 36.5 Å². The van der Waals surface area contributed by atoms with Gasteiger partial charge in [0.2, 0.25) is 0 Å². The average molecular weight is 359 g/mol. The summed E-state index contributed by atoms with van der Waals surface area (Å²) in [6.07, 6.45) is 3.19. The zero-order valence-electron chi connectivity index (χ0n) is 15.5. The topological polar surface area (TPSA) is 71.1 Å². The molecule has 0 radical (unpaired) electrons. The molecule has 3 rings (SSSR count). The van der Waals surface area contributed by atoms with Crippen LogP contribution in [0, 0.1) is 13.8 Å². The number of Topliss-reactive ketones (excluding diaryl/α,β-unsaturated/α-hetero) is 1. The Balaban J connectivity index is 1.80. The summed E-state index contributed by atoms with van der Waals surface area (Å²) >= 11 is 0. The molecule has 1 heterocycles. The number of ketones is 1. The molecule has 1 amide bonds. The normalized spacial score (nSPS) is 10.3. The van der Waals surface area contributed by atoms with E-state index in [0.29, 0.717) is 16.8 Å². The van der Waals surface area contributed by atoms with Crippen LogP contribution in [0.1, 0.15) is 38.8 Å². The highest BCUT2D eigenvalue weighted by Gasteiger charge is 2.10. The number of benzene rings is 2. The minimum atomic E-state index is -0.284. The number of aryl methyl sites for hydroxylation is 2. The second-order valence-electron chi connectivity index (χ2n) is 6.45. The largest absolute Gasteiger partial charge is 0.354 e. The number of nitrogens with one attached hydrogen (secondary N) is 2. The van der Waals surface area contributed by atoms with Crippen LogP contribution in [0.4, 0.5) is 17.1 Å². The van der Waals surface area contributed by atoms with Crippen molar-refractivity contribution in [3.05, 3.63) is 83.2 Å². The van der Waals surface area contributed by atoms with E-state index in [4.69, 9.17) is 0 Å². The third kappa shape index (κ3) is 4.39. The summed E-state index contributed by atoms with van der Waals surface area (Å²) in [5, 5.41) is 6.14. The summed E-state index contributed by atoms with van der Waals surface area (Å²) in [4.78, 5) is 28.2. The van der Waals surface area contributed by atoms with Gasteiger partial charge in [-0.25, -0.2) is 0 Å². The van der Waals surface area contributed by atoms with Gasteiger partial charge in [-0.1, -0.05) is 30.3 Å². The first-order valence-corrected chi connectivity index (χ1v) is 8.64. The Morgan fingerprint density at radius 2 is 1.52 bits per heavy atom. The summed E-state index contributed by atoms with van der Waals surface area (Å²) in [5.74, 6) is -0.332. The molecule has 0 atom stereocenters. The Morgan fingerprint density at radius 1 is 0.852 bits per heavy atom. The maximum absolute atomic E-state index is 12.6. The van der Waals surface area contributed by atoms with Crippen molar-refractivity contribution in [3.63, 3.8) is 0 Å². The zero-order valence-corrected chi connectivity index (χ0v) is 15.5. The van der Waals surface area contributed by atoms with Crippen LogP contribution in [0.3, 0.4) is 0 Å². The number of aromatic nitrogens is 1. The molecule has 0 aliphatic carbocycles. The summed E-state index contributed by atoms with van der Waals surface area (Å²) in [5.41, 5.74) is 5.53. The molecule has 0 aliphatic rings. The molecule has 0 bridgehead atoms.